The molecule has 0 aliphatic carbocycles. The van der Waals surface area contributed by atoms with Gasteiger partial charge in [-0.25, -0.2) is 0 Å². The molecule has 0 unspecified atom stereocenters. The maximum Gasteiger partial charge on any atom is 2.00 e. The molecule has 0 amide bonds. The maximum atomic E-state index is 5.26. The van der Waals surface area contributed by atoms with Crippen LogP contribution >= 0.6 is 32.6 Å². The van der Waals surface area contributed by atoms with Crippen LogP contribution in [0.2, 0.25) is 0 Å². The van der Waals surface area contributed by atoms with Crippen molar-refractivity contribution in [3.63, 3.8) is 0 Å². The zero-order valence-electron chi connectivity index (χ0n) is 35.0. The van der Waals surface area contributed by atoms with Crippen LogP contribution in [0.1, 0.15) is 55.4 Å². The van der Waals surface area contributed by atoms with Gasteiger partial charge in [0.1, 0.15) is 37.4 Å². The summed E-state index contributed by atoms with van der Waals surface area (Å²) in [5.74, 6) is 0. The minimum absolute atomic E-state index is 0. The summed E-state index contributed by atoms with van der Waals surface area (Å²) in [7, 11) is -3.88. The molecular weight excluding hydrogens is 781 g/mol. The average molecular weight is 841 g/mol. The van der Waals surface area contributed by atoms with E-state index in [9.17, 15) is 0 Å². The molecule has 6 aromatic rings. The van der Waals surface area contributed by atoms with Gasteiger partial charge in [0, 0.05) is 12.1 Å². The summed E-state index contributed by atoms with van der Waals surface area (Å²) < 4.78 is 5.42. The molecule has 0 spiro atoms. The molecule has 0 aliphatic rings. The molecule has 6 aromatic carbocycles. The smallest absolute Gasteiger partial charge is 0.614 e. The SMILES string of the molecule is CC(C)[N-][P@](c1ccccc1)N(C(C)C)[PH+](c1ccccc1)c1ccccc1.CC(C)[N-][P@](c1ccccc1)N(C(C)C)[PH+](c1ccccc1)c1ccccc1.[Mg+2]. The van der Waals surface area contributed by atoms with Crippen LogP contribution in [0.25, 0.3) is 10.2 Å². The minimum Gasteiger partial charge on any atom is -0.614 e. The second kappa shape index (κ2) is 24.7. The fourth-order valence-electron chi connectivity index (χ4n) is 6.44. The summed E-state index contributed by atoms with van der Waals surface area (Å²) in [4.78, 5) is 0. The van der Waals surface area contributed by atoms with Crippen LogP contribution < -0.4 is 31.8 Å². The third-order valence-electron chi connectivity index (χ3n) is 8.69. The van der Waals surface area contributed by atoms with Gasteiger partial charge in [-0.05, 0) is 86.8 Å². The van der Waals surface area contributed by atoms with E-state index in [0.29, 0.717) is 24.2 Å². The largest absolute Gasteiger partial charge is 2.00 e. The first kappa shape index (κ1) is 47.3. The molecule has 9 heteroatoms. The Morgan fingerprint density at radius 1 is 0.351 bits per heavy atom. The van der Waals surface area contributed by atoms with Gasteiger partial charge >= 0.3 is 23.1 Å². The second-order valence-corrected chi connectivity index (χ2v) is 23.6. The Kier molecular flexibility index (Phi) is 20.5. The zero-order valence-corrected chi connectivity index (χ0v) is 40.2. The topological polar surface area (TPSA) is 34.7 Å². The van der Waals surface area contributed by atoms with Crippen molar-refractivity contribution in [1.82, 2.24) is 8.88 Å². The van der Waals surface area contributed by atoms with E-state index in [2.05, 4.69) is 246 Å². The standard InChI is InChI=1S/2C24H29N2P2.Mg/c2*1-20(2)25-28(24-18-12-7-13-19-24)26(21(3)4)27(22-14-8-5-9-15-22)23-16-10-6-11-17-23;/h2*5-21H,1-4H3;/q2*-1;+2/p+2/t2*28-;/m00./s1. The maximum absolute atomic E-state index is 5.26. The van der Waals surface area contributed by atoms with Crippen molar-refractivity contribution in [3.8, 4) is 0 Å². The third-order valence-corrected chi connectivity index (χ3v) is 21.1. The number of nitrogens with zero attached hydrogens (tertiary/aromatic N) is 4. The van der Waals surface area contributed by atoms with E-state index in [4.69, 9.17) is 10.2 Å². The van der Waals surface area contributed by atoms with Gasteiger partial charge in [0.25, 0.3) is 0 Å². The van der Waals surface area contributed by atoms with Crippen LogP contribution in [0.15, 0.2) is 182 Å². The number of rotatable bonds is 16. The summed E-state index contributed by atoms with van der Waals surface area (Å²) in [6.07, 6.45) is 0. The molecule has 6 rings (SSSR count). The van der Waals surface area contributed by atoms with Crippen LogP contribution in [0, 0.1) is 0 Å². The minimum atomic E-state index is -1.16. The molecular formula is C48H60MgN4P4+2. The van der Waals surface area contributed by atoms with E-state index < -0.39 is 32.6 Å². The Hall–Kier alpha value is -2.35. The van der Waals surface area contributed by atoms with Crippen LogP contribution in [0.3, 0.4) is 0 Å². The molecule has 0 heterocycles. The van der Waals surface area contributed by atoms with Gasteiger partial charge in [-0.3, -0.25) is 0 Å². The second-order valence-electron chi connectivity index (χ2n) is 14.7. The molecule has 0 saturated carbocycles. The third kappa shape index (κ3) is 13.8. The summed E-state index contributed by atoms with van der Waals surface area (Å²) in [5.41, 5.74) is 0. The van der Waals surface area contributed by atoms with Crippen LogP contribution in [0.5, 0.6) is 0 Å². The van der Waals surface area contributed by atoms with Crippen LogP contribution in [-0.2, 0) is 0 Å². The van der Waals surface area contributed by atoms with Crippen molar-refractivity contribution in [1.29, 1.82) is 0 Å². The van der Waals surface area contributed by atoms with E-state index >= 15 is 0 Å². The first-order chi connectivity index (χ1) is 27.2. The predicted octanol–water partition coefficient (Wildman–Crippen LogP) is 11.4. The van der Waals surface area contributed by atoms with E-state index in [1.165, 1.54) is 31.8 Å². The predicted molar refractivity (Wildman–Crippen MR) is 264 cm³/mol. The van der Waals surface area contributed by atoms with Gasteiger partial charge in [0.05, 0.1) is 0 Å². The van der Waals surface area contributed by atoms with E-state index in [0.717, 1.165) is 0 Å². The van der Waals surface area contributed by atoms with Gasteiger partial charge in [0.2, 0.25) is 0 Å². The molecule has 0 aromatic heterocycles. The van der Waals surface area contributed by atoms with Crippen molar-refractivity contribution in [2.75, 3.05) is 0 Å². The Labute approximate surface area is 365 Å². The summed E-state index contributed by atoms with van der Waals surface area (Å²) >= 11 is 0. The van der Waals surface area contributed by atoms with Crippen molar-refractivity contribution in [2.45, 2.75) is 79.6 Å². The molecule has 4 nitrogen and oxygen atoms in total. The molecule has 0 fully saturated rings. The number of hydrogen-bond acceptors (Lipinski definition) is 2. The van der Waals surface area contributed by atoms with E-state index in [-0.39, 0.29) is 23.1 Å². The van der Waals surface area contributed by atoms with Gasteiger partial charge in [-0.1, -0.05) is 178 Å². The fraction of sp³-hybridized carbons (Fsp3) is 0.250. The average Bonchev–Trinajstić information content (AvgIpc) is 3.22. The van der Waals surface area contributed by atoms with E-state index in [1.807, 2.05) is 0 Å². The van der Waals surface area contributed by atoms with Gasteiger partial charge in [-0.2, -0.15) is 8.88 Å². The monoisotopic (exact) mass is 840 g/mol. The fourth-order valence-corrected chi connectivity index (χ4v) is 18.8. The van der Waals surface area contributed by atoms with Crippen molar-refractivity contribution in [2.24, 2.45) is 0 Å². The summed E-state index contributed by atoms with van der Waals surface area (Å²) in [6, 6.07) is 67.0. The normalized spacial score (nSPS) is 12.6. The summed E-state index contributed by atoms with van der Waals surface area (Å²) in [6.45, 7) is 18.0. The summed E-state index contributed by atoms with van der Waals surface area (Å²) in [5, 5.41) is 18.8. The van der Waals surface area contributed by atoms with Crippen LogP contribution in [-0.4, -0.2) is 56.1 Å². The molecule has 0 bridgehead atoms. The molecule has 0 N–H and O–H groups in total. The zero-order chi connectivity index (χ0) is 39.9. The Balaban J connectivity index is 0.000000248. The Bertz CT molecular complexity index is 1720. The number of hydrogen-bond donors (Lipinski definition) is 0. The van der Waals surface area contributed by atoms with Gasteiger partial charge in [0.15, 0.2) is 0 Å². The quantitative estimate of drug-likeness (QED) is 0.0719. The van der Waals surface area contributed by atoms with Crippen LogP contribution in [0.4, 0.5) is 0 Å². The molecule has 57 heavy (non-hydrogen) atoms. The molecule has 2 atom stereocenters. The Morgan fingerprint density at radius 3 is 0.754 bits per heavy atom. The number of benzene rings is 6. The van der Waals surface area contributed by atoms with Gasteiger partial charge < -0.3 is 10.2 Å². The first-order valence-electron chi connectivity index (χ1n) is 19.8. The molecule has 0 saturated heterocycles. The van der Waals surface area contributed by atoms with E-state index in [1.54, 1.807) is 0 Å². The molecule has 292 valence electrons. The van der Waals surface area contributed by atoms with Crippen molar-refractivity contribution >= 4 is 87.5 Å². The Morgan fingerprint density at radius 2 is 0.561 bits per heavy atom. The molecule has 0 radical (unpaired) electrons. The van der Waals surface area contributed by atoms with Gasteiger partial charge in [-0.15, -0.1) is 12.1 Å². The van der Waals surface area contributed by atoms with Crippen molar-refractivity contribution in [3.05, 3.63) is 192 Å². The van der Waals surface area contributed by atoms with Crippen molar-refractivity contribution < 1.29 is 0 Å². The first-order valence-corrected chi connectivity index (χ1v) is 25.2. The molecule has 0 aliphatic heterocycles.